The third-order valence-corrected chi connectivity index (χ3v) is 5.50. The lowest BCUT2D eigenvalue weighted by atomic mass is 10.1. The summed E-state index contributed by atoms with van der Waals surface area (Å²) in [6.45, 7) is 7.01. The Morgan fingerprint density at radius 3 is 2.60 bits per heavy atom. The van der Waals surface area contributed by atoms with Gasteiger partial charge in [0.15, 0.2) is 11.5 Å². The summed E-state index contributed by atoms with van der Waals surface area (Å²) in [5.74, 6) is 0.724. The van der Waals surface area contributed by atoms with Crippen molar-refractivity contribution in [2.75, 3.05) is 51.8 Å². The van der Waals surface area contributed by atoms with Crippen molar-refractivity contribution in [2.45, 2.75) is 19.9 Å². The molecule has 0 unspecified atom stereocenters. The van der Waals surface area contributed by atoms with Gasteiger partial charge in [0.25, 0.3) is 5.91 Å². The smallest absolute Gasteiger partial charge is 0.251 e. The standard InChI is InChI=1S/C23H30ClN3O3/c1-4-13-30-22-19(24)14-18(15-21(22)29-3)23(28)25-16-17-7-5-6-8-20(17)27-11-9-26(2)10-12-27/h5-8,14-15H,4,9-13,16H2,1-3H3,(H,25,28). The van der Waals surface area contributed by atoms with Crippen LogP contribution in [0.2, 0.25) is 5.02 Å². The van der Waals surface area contributed by atoms with Gasteiger partial charge in [0.2, 0.25) is 0 Å². The molecule has 0 radical (unpaired) electrons. The molecule has 1 saturated heterocycles. The van der Waals surface area contributed by atoms with Crippen molar-refractivity contribution in [1.82, 2.24) is 10.2 Å². The van der Waals surface area contributed by atoms with E-state index in [1.54, 1.807) is 19.2 Å². The maximum absolute atomic E-state index is 12.8. The van der Waals surface area contributed by atoms with Crippen LogP contribution in [0.25, 0.3) is 0 Å². The van der Waals surface area contributed by atoms with Gasteiger partial charge in [-0.1, -0.05) is 36.7 Å². The maximum atomic E-state index is 12.8. The molecule has 0 aliphatic carbocycles. The lowest BCUT2D eigenvalue weighted by Crippen LogP contribution is -2.45. The third kappa shape index (κ3) is 5.37. The Bertz CT molecular complexity index is 867. The first kappa shape index (κ1) is 22.2. The Hall–Kier alpha value is -2.44. The lowest BCUT2D eigenvalue weighted by molar-refractivity contribution is 0.0950. The number of para-hydroxylation sites is 1. The summed E-state index contributed by atoms with van der Waals surface area (Å²) in [4.78, 5) is 17.5. The summed E-state index contributed by atoms with van der Waals surface area (Å²) in [6.07, 6.45) is 0.856. The molecule has 1 amide bonds. The number of ether oxygens (including phenoxy) is 2. The van der Waals surface area contributed by atoms with E-state index in [2.05, 4.69) is 34.3 Å². The molecule has 0 saturated carbocycles. The fraction of sp³-hybridized carbons (Fsp3) is 0.435. The van der Waals surface area contributed by atoms with Crippen molar-refractivity contribution < 1.29 is 14.3 Å². The Morgan fingerprint density at radius 1 is 1.17 bits per heavy atom. The molecule has 1 aliphatic heterocycles. The number of piperazine rings is 1. The van der Waals surface area contributed by atoms with Crippen molar-refractivity contribution in [1.29, 1.82) is 0 Å². The van der Waals surface area contributed by atoms with Crippen molar-refractivity contribution in [3.05, 3.63) is 52.5 Å². The maximum Gasteiger partial charge on any atom is 0.251 e. The van der Waals surface area contributed by atoms with Gasteiger partial charge in [0, 0.05) is 44.0 Å². The molecule has 0 aromatic heterocycles. The predicted molar refractivity (Wildman–Crippen MR) is 121 cm³/mol. The van der Waals surface area contributed by atoms with E-state index < -0.39 is 0 Å². The largest absolute Gasteiger partial charge is 0.493 e. The second-order valence-electron chi connectivity index (χ2n) is 7.44. The number of carbonyl (C=O) groups is 1. The van der Waals surface area contributed by atoms with Gasteiger partial charge in [0.1, 0.15) is 0 Å². The van der Waals surface area contributed by atoms with E-state index in [0.717, 1.165) is 38.2 Å². The molecule has 7 heteroatoms. The lowest BCUT2D eigenvalue weighted by Gasteiger charge is -2.35. The Balaban J connectivity index is 1.71. The molecule has 2 aromatic rings. The number of hydrogen-bond acceptors (Lipinski definition) is 5. The average Bonchev–Trinajstić information content (AvgIpc) is 2.77. The second kappa shape index (κ2) is 10.5. The number of anilines is 1. The Kier molecular flexibility index (Phi) is 7.82. The topological polar surface area (TPSA) is 54.0 Å². The molecular weight excluding hydrogens is 402 g/mol. The summed E-state index contributed by atoms with van der Waals surface area (Å²) in [7, 11) is 3.68. The van der Waals surface area contributed by atoms with Gasteiger partial charge in [-0.05, 0) is 37.2 Å². The van der Waals surface area contributed by atoms with Crippen LogP contribution in [-0.2, 0) is 6.54 Å². The quantitative estimate of drug-likeness (QED) is 0.688. The van der Waals surface area contributed by atoms with Gasteiger partial charge in [-0.25, -0.2) is 0 Å². The zero-order valence-corrected chi connectivity index (χ0v) is 18.7. The summed E-state index contributed by atoms with van der Waals surface area (Å²) in [6, 6.07) is 11.5. The van der Waals surface area contributed by atoms with E-state index in [-0.39, 0.29) is 5.91 Å². The van der Waals surface area contributed by atoms with Crippen LogP contribution in [-0.4, -0.2) is 57.8 Å². The van der Waals surface area contributed by atoms with E-state index in [1.165, 1.54) is 5.69 Å². The van der Waals surface area contributed by atoms with Gasteiger partial charge in [-0.2, -0.15) is 0 Å². The molecule has 6 nitrogen and oxygen atoms in total. The number of benzene rings is 2. The van der Waals surface area contributed by atoms with E-state index in [4.69, 9.17) is 21.1 Å². The van der Waals surface area contributed by atoms with E-state index in [9.17, 15) is 4.79 Å². The number of methoxy groups -OCH3 is 1. The molecule has 2 aromatic carbocycles. The van der Waals surface area contributed by atoms with Crippen LogP contribution in [0.5, 0.6) is 11.5 Å². The number of hydrogen-bond donors (Lipinski definition) is 1. The molecule has 162 valence electrons. The van der Waals surface area contributed by atoms with Gasteiger partial charge in [-0.15, -0.1) is 0 Å². The highest BCUT2D eigenvalue weighted by Crippen LogP contribution is 2.36. The molecule has 3 rings (SSSR count). The summed E-state index contributed by atoms with van der Waals surface area (Å²) in [5.41, 5.74) is 2.71. The Morgan fingerprint density at radius 2 is 1.90 bits per heavy atom. The summed E-state index contributed by atoms with van der Waals surface area (Å²) >= 11 is 6.35. The number of carbonyl (C=O) groups excluding carboxylic acids is 1. The molecule has 0 spiro atoms. The zero-order valence-electron chi connectivity index (χ0n) is 17.9. The van der Waals surface area contributed by atoms with Crippen molar-refractivity contribution >= 4 is 23.2 Å². The van der Waals surface area contributed by atoms with Crippen LogP contribution < -0.4 is 19.7 Å². The third-order valence-electron chi connectivity index (χ3n) is 5.22. The normalized spacial score (nSPS) is 14.5. The summed E-state index contributed by atoms with van der Waals surface area (Å²) in [5, 5.41) is 3.38. The fourth-order valence-electron chi connectivity index (χ4n) is 3.49. The van der Waals surface area contributed by atoms with E-state index in [1.807, 2.05) is 19.1 Å². The molecule has 30 heavy (non-hydrogen) atoms. The van der Waals surface area contributed by atoms with Crippen LogP contribution in [0.3, 0.4) is 0 Å². The Labute approximate surface area is 183 Å². The molecule has 0 bridgehead atoms. The zero-order chi connectivity index (χ0) is 21.5. The second-order valence-corrected chi connectivity index (χ2v) is 7.85. The molecule has 0 atom stereocenters. The molecule has 1 N–H and O–H groups in total. The van der Waals surface area contributed by atoms with Crippen LogP contribution >= 0.6 is 11.6 Å². The van der Waals surface area contributed by atoms with Crippen LogP contribution in [0.15, 0.2) is 36.4 Å². The molecule has 1 fully saturated rings. The fourth-order valence-corrected chi connectivity index (χ4v) is 3.75. The first-order valence-electron chi connectivity index (χ1n) is 10.3. The monoisotopic (exact) mass is 431 g/mol. The van der Waals surface area contributed by atoms with Gasteiger partial charge >= 0.3 is 0 Å². The molecule has 1 heterocycles. The van der Waals surface area contributed by atoms with Crippen LogP contribution in [0, 0.1) is 0 Å². The average molecular weight is 432 g/mol. The number of amides is 1. The number of nitrogens with one attached hydrogen (secondary N) is 1. The predicted octanol–water partition coefficient (Wildman–Crippen LogP) is 3.82. The number of halogens is 1. The number of nitrogens with zero attached hydrogens (tertiary/aromatic N) is 2. The molecule has 1 aliphatic rings. The highest BCUT2D eigenvalue weighted by atomic mass is 35.5. The summed E-state index contributed by atoms with van der Waals surface area (Å²) < 4.78 is 11.0. The SMILES string of the molecule is CCCOc1c(Cl)cc(C(=O)NCc2ccccc2N2CCN(C)CC2)cc1OC. The first-order valence-corrected chi connectivity index (χ1v) is 10.7. The minimum atomic E-state index is -0.203. The van der Waals surface area contributed by atoms with Crippen molar-refractivity contribution in [3.8, 4) is 11.5 Å². The molecular formula is C23H30ClN3O3. The van der Waals surface area contributed by atoms with E-state index >= 15 is 0 Å². The van der Waals surface area contributed by atoms with Crippen molar-refractivity contribution in [2.24, 2.45) is 0 Å². The van der Waals surface area contributed by atoms with Crippen LogP contribution in [0.4, 0.5) is 5.69 Å². The van der Waals surface area contributed by atoms with Crippen molar-refractivity contribution in [3.63, 3.8) is 0 Å². The highest BCUT2D eigenvalue weighted by Gasteiger charge is 2.18. The van der Waals surface area contributed by atoms with Gasteiger partial charge in [-0.3, -0.25) is 4.79 Å². The van der Waals surface area contributed by atoms with Crippen LogP contribution in [0.1, 0.15) is 29.3 Å². The first-order chi connectivity index (χ1) is 14.5. The number of likely N-dealkylation sites (N-methyl/N-ethyl adjacent to an activating group) is 1. The van der Waals surface area contributed by atoms with E-state index in [0.29, 0.717) is 35.2 Å². The highest BCUT2D eigenvalue weighted by molar-refractivity contribution is 6.32. The minimum absolute atomic E-state index is 0.203. The van der Waals surface area contributed by atoms with Gasteiger partial charge < -0.3 is 24.6 Å². The minimum Gasteiger partial charge on any atom is -0.493 e. The van der Waals surface area contributed by atoms with Gasteiger partial charge in [0.05, 0.1) is 18.7 Å². The number of rotatable bonds is 8.